The molecule has 0 amide bonds. The van der Waals surface area contributed by atoms with Crippen LogP contribution in [-0.4, -0.2) is 22.0 Å². The second kappa shape index (κ2) is 5.45. The minimum Gasteiger partial charge on any atom is -0.306 e. The highest BCUT2D eigenvalue weighted by Gasteiger charge is 2.41. The Labute approximate surface area is 132 Å². The molecule has 2 heterocycles. The average molecular weight is 343 g/mol. The van der Waals surface area contributed by atoms with E-state index in [9.17, 15) is 0 Å². The molecule has 1 N–H and O–H groups in total. The Hall–Kier alpha value is -1.93. The molecule has 1 aromatic carbocycles. The number of benzene rings is 1. The van der Waals surface area contributed by atoms with Gasteiger partial charge in [0, 0.05) is 10.0 Å². The molecule has 0 spiro atoms. The largest absolute Gasteiger partial charge is 0.306 e. The lowest BCUT2D eigenvalue weighted by molar-refractivity contribution is 0.732. The Morgan fingerprint density at radius 2 is 2.05 bits per heavy atom. The molecule has 0 saturated carbocycles. The van der Waals surface area contributed by atoms with E-state index in [1.165, 1.54) is 0 Å². The number of H-pyrrole nitrogens is 1. The van der Waals surface area contributed by atoms with Gasteiger partial charge >= 0.3 is 0 Å². The van der Waals surface area contributed by atoms with Crippen molar-refractivity contribution >= 4 is 27.5 Å². The van der Waals surface area contributed by atoms with Crippen LogP contribution in [0.1, 0.15) is 30.9 Å². The van der Waals surface area contributed by atoms with Gasteiger partial charge in [0.15, 0.2) is 5.82 Å². The molecule has 0 radical (unpaired) electrons. The van der Waals surface area contributed by atoms with Crippen molar-refractivity contribution in [2.24, 2.45) is 10.9 Å². The van der Waals surface area contributed by atoms with E-state index in [0.717, 1.165) is 27.1 Å². The second-order valence-corrected chi connectivity index (χ2v) is 6.29. The van der Waals surface area contributed by atoms with Crippen molar-refractivity contribution in [1.82, 2.24) is 10.2 Å². The van der Waals surface area contributed by atoms with Crippen molar-refractivity contribution in [2.75, 3.05) is 0 Å². The lowest BCUT2D eigenvalue weighted by atomic mass is 9.80. The Morgan fingerprint density at radius 1 is 1.29 bits per heavy atom. The quantitative estimate of drug-likeness (QED) is 0.811. The molecule has 4 nitrogen and oxygen atoms in total. The number of hydrogen-bond donors (Lipinski definition) is 1. The molecule has 2 atom stereocenters. The van der Waals surface area contributed by atoms with Crippen LogP contribution in [0.25, 0.3) is 4.85 Å². The zero-order chi connectivity index (χ0) is 15.0. The Kier molecular flexibility index (Phi) is 3.64. The highest BCUT2D eigenvalue weighted by atomic mass is 79.9. The Balaban J connectivity index is 2.22. The number of nitrogens with one attached hydrogen (secondary N) is 1. The Bertz CT molecular complexity index is 739. The van der Waals surface area contributed by atoms with Gasteiger partial charge in [-0.15, -0.1) is 0 Å². The summed E-state index contributed by atoms with van der Waals surface area (Å²) in [7, 11) is 0. The van der Waals surface area contributed by atoms with E-state index in [-0.39, 0.29) is 17.9 Å². The summed E-state index contributed by atoms with van der Waals surface area (Å²) in [5.74, 6) is 0.964. The first-order valence-electron chi connectivity index (χ1n) is 6.86. The van der Waals surface area contributed by atoms with Crippen molar-refractivity contribution in [2.45, 2.75) is 25.8 Å². The van der Waals surface area contributed by atoms with E-state index in [1.807, 2.05) is 18.2 Å². The molecule has 0 bridgehead atoms. The van der Waals surface area contributed by atoms with Gasteiger partial charge in [-0.25, -0.2) is 11.6 Å². The summed E-state index contributed by atoms with van der Waals surface area (Å²) < 4.78 is 1.01. The van der Waals surface area contributed by atoms with Gasteiger partial charge in [0.25, 0.3) is 6.04 Å². The smallest absolute Gasteiger partial charge is 0.272 e. The molecule has 3 rings (SSSR count). The van der Waals surface area contributed by atoms with E-state index in [1.54, 1.807) is 6.20 Å². The van der Waals surface area contributed by atoms with Gasteiger partial charge < -0.3 is 4.85 Å². The molecule has 106 valence electrons. The van der Waals surface area contributed by atoms with E-state index in [0.29, 0.717) is 0 Å². The number of rotatable bonds is 2. The summed E-state index contributed by atoms with van der Waals surface area (Å²) in [6.07, 6.45) is 1.79. The summed E-state index contributed by atoms with van der Waals surface area (Å²) in [6, 6.07) is 7.77. The van der Waals surface area contributed by atoms with Crippen molar-refractivity contribution in [1.29, 1.82) is 0 Å². The van der Waals surface area contributed by atoms with Gasteiger partial charge in [0.1, 0.15) is 5.71 Å². The molecule has 0 aliphatic carbocycles. The van der Waals surface area contributed by atoms with E-state index in [2.05, 4.69) is 55.9 Å². The van der Waals surface area contributed by atoms with Crippen LogP contribution >= 0.6 is 15.9 Å². The maximum absolute atomic E-state index is 7.66. The number of hydrogen-bond acceptors (Lipinski definition) is 2. The predicted octanol–water partition coefficient (Wildman–Crippen LogP) is 4.33. The molecule has 0 saturated heterocycles. The van der Waals surface area contributed by atoms with Crippen LogP contribution in [0, 0.1) is 12.5 Å². The Morgan fingerprint density at radius 3 is 2.71 bits per heavy atom. The third-order valence-corrected chi connectivity index (χ3v) is 4.54. The molecule has 2 aromatic rings. The number of fused-ring (bicyclic) bond motifs is 1. The van der Waals surface area contributed by atoms with E-state index < -0.39 is 0 Å². The third-order valence-electron chi connectivity index (χ3n) is 3.81. The maximum atomic E-state index is 7.66. The monoisotopic (exact) mass is 342 g/mol. The summed E-state index contributed by atoms with van der Waals surface area (Å²) in [5.41, 5.74) is 3.02. The number of aromatic amines is 1. The number of nitrogens with zero attached hydrogens (tertiary/aromatic N) is 3. The highest BCUT2D eigenvalue weighted by molar-refractivity contribution is 9.10. The van der Waals surface area contributed by atoms with E-state index >= 15 is 0 Å². The first kappa shape index (κ1) is 14.0. The molecule has 1 aromatic heterocycles. The van der Waals surface area contributed by atoms with Crippen LogP contribution in [0.5, 0.6) is 0 Å². The van der Waals surface area contributed by atoms with Crippen LogP contribution in [0.2, 0.25) is 0 Å². The van der Waals surface area contributed by atoms with Gasteiger partial charge in [0.2, 0.25) is 0 Å². The van der Waals surface area contributed by atoms with Crippen LogP contribution in [0.3, 0.4) is 0 Å². The fourth-order valence-electron chi connectivity index (χ4n) is 2.82. The molecule has 0 fully saturated rings. The fourth-order valence-corrected chi connectivity index (χ4v) is 3.35. The SMILES string of the molecule is [C-]#[N+]C1C(C(C)C)=Nc2[nH]ncc2C1c1ccccc1Br. The van der Waals surface area contributed by atoms with Crippen LogP contribution < -0.4 is 0 Å². The molecule has 2 unspecified atom stereocenters. The molecular weight excluding hydrogens is 328 g/mol. The predicted molar refractivity (Wildman–Crippen MR) is 86.9 cm³/mol. The van der Waals surface area contributed by atoms with Gasteiger partial charge in [-0.3, -0.25) is 5.10 Å². The van der Waals surface area contributed by atoms with Crippen molar-refractivity contribution in [3.8, 4) is 0 Å². The zero-order valence-corrected chi connectivity index (χ0v) is 13.4. The van der Waals surface area contributed by atoms with Crippen molar-refractivity contribution in [3.63, 3.8) is 0 Å². The summed E-state index contributed by atoms with van der Waals surface area (Å²) in [4.78, 5) is 8.52. The standard InChI is InChI=1S/C16H15BrN4/c1-9(2)14-15(18-3)13(10-6-4-5-7-12(10)17)11-8-19-21-16(11)20-14/h4-9,13,15H,1-2H3,(H,19,21). The number of halogens is 1. The summed E-state index contributed by atoms with van der Waals surface area (Å²) in [5, 5.41) is 7.07. The minimum absolute atomic E-state index is 0.0401. The minimum atomic E-state index is -0.284. The lowest BCUT2D eigenvalue weighted by Gasteiger charge is -2.26. The molecule has 21 heavy (non-hydrogen) atoms. The van der Waals surface area contributed by atoms with Crippen molar-refractivity contribution < 1.29 is 0 Å². The topological polar surface area (TPSA) is 45.4 Å². The first-order chi connectivity index (χ1) is 10.1. The molecule has 1 aliphatic rings. The normalized spacial score (nSPS) is 20.8. The van der Waals surface area contributed by atoms with Crippen LogP contribution in [-0.2, 0) is 0 Å². The maximum Gasteiger partial charge on any atom is 0.272 e. The zero-order valence-electron chi connectivity index (χ0n) is 11.8. The highest BCUT2D eigenvalue weighted by Crippen LogP contribution is 2.42. The molecule has 5 heteroatoms. The van der Waals surface area contributed by atoms with Crippen LogP contribution in [0.4, 0.5) is 5.82 Å². The van der Waals surface area contributed by atoms with Gasteiger partial charge in [0.05, 0.1) is 12.1 Å². The lowest BCUT2D eigenvalue weighted by Crippen LogP contribution is -2.32. The summed E-state index contributed by atoms with van der Waals surface area (Å²) >= 11 is 3.61. The van der Waals surface area contributed by atoms with Gasteiger partial charge in [-0.05, 0) is 17.5 Å². The summed E-state index contributed by atoms with van der Waals surface area (Å²) in [6.45, 7) is 11.8. The van der Waals surface area contributed by atoms with Crippen molar-refractivity contribution in [3.05, 3.63) is 57.5 Å². The van der Waals surface area contributed by atoms with Gasteiger partial charge in [-0.2, -0.15) is 5.10 Å². The average Bonchev–Trinajstić information content (AvgIpc) is 2.94. The molecule has 1 aliphatic heterocycles. The fraction of sp³-hybridized carbons (Fsp3) is 0.312. The first-order valence-corrected chi connectivity index (χ1v) is 7.65. The molecular formula is C16H15BrN4. The van der Waals surface area contributed by atoms with Gasteiger partial charge in [-0.1, -0.05) is 48.0 Å². The third kappa shape index (κ3) is 2.30. The van der Waals surface area contributed by atoms with E-state index in [4.69, 9.17) is 6.57 Å². The second-order valence-electron chi connectivity index (χ2n) is 5.44. The van der Waals surface area contributed by atoms with Crippen LogP contribution in [0.15, 0.2) is 39.9 Å². The number of aliphatic imine (C=N–C) groups is 1. The number of aromatic nitrogens is 2.